The Bertz CT molecular complexity index is 1680. The summed E-state index contributed by atoms with van der Waals surface area (Å²) in [5.74, 6) is 1.05. The Balaban J connectivity index is 1.38. The summed E-state index contributed by atoms with van der Waals surface area (Å²) in [5.41, 5.74) is 5.39. The van der Waals surface area contributed by atoms with Crippen LogP contribution in [0.4, 0.5) is 0 Å². The minimum absolute atomic E-state index is 0.0644. The molecule has 0 bridgehead atoms. The highest BCUT2D eigenvalue weighted by Gasteiger charge is 2.24. The summed E-state index contributed by atoms with van der Waals surface area (Å²) in [6.45, 7) is 8.18. The molecule has 0 unspecified atom stereocenters. The van der Waals surface area contributed by atoms with Gasteiger partial charge in [-0.25, -0.2) is 14.8 Å². The first-order chi connectivity index (χ1) is 19.3. The number of aryl methyl sites for hydroxylation is 1. The van der Waals surface area contributed by atoms with Crippen LogP contribution in [0.2, 0.25) is 10.0 Å². The van der Waals surface area contributed by atoms with Gasteiger partial charge in [0, 0.05) is 22.6 Å². The van der Waals surface area contributed by atoms with E-state index in [9.17, 15) is 4.79 Å². The Hall–Kier alpha value is -3.94. The quantitative estimate of drug-likeness (QED) is 0.171. The van der Waals surface area contributed by atoms with Crippen molar-refractivity contribution in [3.05, 3.63) is 93.6 Å². The highest BCUT2D eigenvalue weighted by Crippen LogP contribution is 2.39. The van der Waals surface area contributed by atoms with Crippen LogP contribution in [0.5, 0.6) is 5.75 Å². The lowest BCUT2D eigenvalue weighted by Crippen LogP contribution is -2.10. The summed E-state index contributed by atoms with van der Waals surface area (Å²) < 4.78 is 16.9. The number of rotatable bonds is 8. The molecular formula is C31H27Cl2N3O4. The number of benzene rings is 3. The number of esters is 1. The van der Waals surface area contributed by atoms with Crippen LogP contribution in [0.1, 0.15) is 54.3 Å². The van der Waals surface area contributed by atoms with Gasteiger partial charge in [0.2, 0.25) is 5.82 Å². The van der Waals surface area contributed by atoms with Gasteiger partial charge in [0.25, 0.3) is 0 Å². The number of hydrogen-bond donors (Lipinski definition) is 0. The van der Waals surface area contributed by atoms with Gasteiger partial charge < -0.3 is 14.0 Å². The van der Waals surface area contributed by atoms with E-state index in [1.807, 2.05) is 63.2 Å². The van der Waals surface area contributed by atoms with E-state index in [0.717, 1.165) is 27.8 Å². The molecule has 9 heteroatoms. The van der Waals surface area contributed by atoms with Crippen molar-refractivity contribution in [3.8, 4) is 28.1 Å². The fourth-order valence-corrected chi connectivity index (χ4v) is 5.06. The average Bonchev–Trinajstić information content (AvgIpc) is 3.36. The Morgan fingerprint density at radius 3 is 2.35 bits per heavy atom. The first-order valence-electron chi connectivity index (χ1n) is 12.9. The van der Waals surface area contributed by atoms with Crippen LogP contribution in [0.25, 0.3) is 33.3 Å². The molecule has 5 rings (SSSR count). The number of carbonyl (C=O) groups is 1. The molecule has 0 radical (unpaired) electrons. The summed E-state index contributed by atoms with van der Waals surface area (Å²) in [7, 11) is 0. The molecule has 40 heavy (non-hydrogen) atoms. The molecule has 3 aromatic carbocycles. The Kier molecular flexibility index (Phi) is 8.05. The zero-order valence-corrected chi connectivity index (χ0v) is 24.0. The molecule has 0 aliphatic rings. The van der Waals surface area contributed by atoms with Crippen molar-refractivity contribution in [2.24, 2.45) is 0 Å². The van der Waals surface area contributed by atoms with Gasteiger partial charge in [-0.1, -0.05) is 66.5 Å². The van der Waals surface area contributed by atoms with Crippen LogP contribution >= 0.6 is 23.2 Å². The lowest BCUT2D eigenvalue weighted by atomic mass is 10.0. The standard InChI is InChI=1S/C31H27Cl2N3O4/c1-5-38-31(37)30-34-18(4)22-15-20(11-14-26(22)35-30)19-9-12-21(13-10-19)39-16-23-28(36-40-29(23)17(2)3)27-24(32)7-6-8-25(27)33/h6-15,17H,5,16H2,1-4H3. The summed E-state index contributed by atoms with van der Waals surface area (Å²) in [6.07, 6.45) is 0. The molecule has 7 nitrogen and oxygen atoms in total. The molecule has 0 atom stereocenters. The molecule has 0 saturated carbocycles. The van der Waals surface area contributed by atoms with E-state index in [0.29, 0.717) is 38.3 Å². The smallest absolute Gasteiger partial charge is 0.376 e. The Labute approximate surface area is 242 Å². The zero-order chi connectivity index (χ0) is 28.4. The number of nitrogens with zero attached hydrogens (tertiary/aromatic N) is 3. The van der Waals surface area contributed by atoms with E-state index in [-0.39, 0.29) is 25.0 Å². The molecule has 204 valence electrons. The summed E-state index contributed by atoms with van der Waals surface area (Å²) in [5, 5.41) is 6.15. The number of aromatic nitrogens is 3. The summed E-state index contributed by atoms with van der Waals surface area (Å²) in [6, 6.07) is 19.0. The second-order valence-electron chi connectivity index (χ2n) is 9.52. The zero-order valence-electron chi connectivity index (χ0n) is 22.5. The monoisotopic (exact) mass is 575 g/mol. The molecule has 0 fully saturated rings. The number of hydrogen-bond acceptors (Lipinski definition) is 7. The van der Waals surface area contributed by atoms with Crippen molar-refractivity contribution in [3.63, 3.8) is 0 Å². The van der Waals surface area contributed by atoms with E-state index in [2.05, 4.69) is 15.1 Å². The second-order valence-corrected chi connectivity index (χ2v) is 10.3. The minimum atomic E-state index is -0.527. The first kappa shape index (κ1) is 27.6. The van der Waals surface area contributed by atoms with Crippen LogP contribution in [-0.4, -0.2) is 27.7 Å². The van der Waals surface area contributed by atoms with Gasteiger partial charge in [0.15, 0.2) is 0 Å². The molecular weight excluding hydrogens is 549 g/mol. The fraction of sp³-hybridized carbons (Fsp3) is 0.226. The van der Waals surface area contributed by atoms with Gasteiger partial charge in [-0.15, -0.1) is 0 Å². The van der Waals surface area contributed by atoms with Crippen LogP contribution in [0.15, 0.2) is 65.2 Å². The van der Waals surface area contributed by atoms with Crippen LogP contribution in [0.3, 0.4) is 0 Å². The van der Waals surface area contributed by atoms with Gasteiger partial charge in [-0.2, -0.15) is 0 Å². The van der Waals surface area contributed by atoms with Gasteiger partial charge in [-0.05, 0) is 61.4 Å². The predicted molar refractivity (Wildman–Crippen MR) is 156 cm³/mol. The average molecular weight is 576 g/mol. The predicted octanol–water partition coefficient (Wildman–Crippen LogP) is 8.45. The van der Waals surface area contributed by atoms with Crippen molar-refractivity contribution in [1.82, 2.24) is 15.1 Å². The largest absolute Gasteiger partial charge is 0.489 e. The molecule has 2 aromatic heterocycles. The van der Waals surface area contributed by atoms with Gasteiger partial charge in [0.1, 0.15) is 23.8 Å². The van der Waals surface area contributed by atoms with Gasteiger partial charge in [-0.3, -0.25) is 0 Å². The highest BCUT2D eigenvalue weighted by molar-refractivity contribution is 6.39. The van der Waals surface area contributed by atoms with Crippen molar-refractivity contribution in [2.75, 3.05) is 6.61 Å². The molecule has 0 aliphatic heterocycles. The minimum Gasteiger partial charge on any atom is -0.489 e. The number of fused-ring (bicyclic) bond motifs is 1. The van der Waals surface area contributed by atoms with E-state index in [1.54, 1.807) is 25.1 Å². The molecule has 0 aliphatic carbocycles. The Morgan fingerprint density at radius 1 is 0.975 bits per heavy atom. The third kappa shape index (κ3) is 5.53. The molecule has 0 amide bonds. The fourth-order valence-electron chi connectivity index (χ4n) is 4.48. The molecule has 0 spiro atoms. The summed E-state index contributed by atoms with van der Waals surface area (Å²) in [4.78, 5) is 20.8. The maximum absolute atomic E-state index is 12.1. The van der Waals surface area contributed by atoms with Crippen molar-refractivity contribution < 1.29 is 18.8 Å². The van der Waals surface area contributed by atoms with Gasteiger partial charge >= 0.3 is 5.97 Å². The Morgan fingerprint density at radius 2 is 1.68 bits per heavy atom. The van der Waals surface area contributed by atoms with Crippen LogP contribution in [-0.2, 0) is 11.3 Å². The lowest BCUT2D eigenvalue weighted by Gasteiger charge is -2.11. The van der Waals surface area contributed by atoms with E-state index < -0.39 is 5.97 Å². The third-order valence-corrected chi connectivity index (χ3v) is 7.09. The molecule has 0 saturated heterocycles. The first-order valence-corrected chi connectivity index (χ1v) is 13.6. The number of carbonyl (C=O) groups excluding carboxylic acids is 1. The van der Waals surface area contributed by atoms with E-state index in [4.69, 9.17) is 37.2 Å². The van der Waals surface area contributed by atoms with Crippen molar-refractivity contribution in [2.45, 2.75) is 40.2 Å². The van der Waals surface area contributed by atoms with Crippen molar-refractivity contribution >= 4 is 40.1 Å². The normalized spacial score (nSPS) is 11.3. The van der Waals surface area contributed by atoms with E-state index in [1.165, 1.54) is 0 Å². The molecule has 0 N–H and O–H groups in total. The van der Waals surface area contributed by atoms with E-state index >= 15 is 0 Å². The molecule has 5 aromatic rings. The third-order valence-electron chi connectivity index (χ3n) is 6.46. The second kappa shape index (κ2) is 11.7. The SMILES string of the molecule is CCOC(=O)c1nc(C)c2cc(-c3ccc(OCc4c(-c5c(Cl)cccc5Cl)noc4C(C)C)cc3)ccc2n1. The van der Waals surface area contributed by atoms with Crippen LogP contribution < -0.4 is 4.74 Å². The summed E-state index contributed by atoms with van der Waals surface area (Å²) >= 11 is 12.9. The topological polar surface area (TPSA) is 87.3 Å². The number of halogens is 2. The maximum Gasteiger partial charge on any atom is 0.376 e. The highest BCUT2D eigenvalue weighted by atomic mass is 35.5. The molecule has 2 heterocycles. The van der Waals surface area contributed by atoms with Crippen molar-refractivity contribution in [1.29, 1.82) is 0 Å². The number of ether oxygens (including phenoxy) is 2. The van der Waals surface area contributed by atoms with Gasteiger partial charge in [0.05, 0.1) is 27.7 Å². The maximum atomic E-state index is 12.1. The lowest BCUT2D eigenvalue weighted by molar-refractivity contribution is 0.0512. The van der Waals surface area contributed by atoms with Crippen LogP contribution in [0, 0.1) is 6.92 Å².